The zero-order chi connectivity index (χ0) is 17.3. The molecular weight excluding hydrogens is 423 g/mol. The van der Waals surface area contributed by atoms with Gasteiger partial charge < -0.3 is 0 Å². The maximum absolute atomic E-state index is 6.51. The fraction of sp³-hybridized carbons (Fsp3) is 0.400. The number of hydrogen-bond donors (Lipinski definition) is 1. The lowest BCUT2D eigenvalue weighted by atomic mass is 9.78. The molecule has 5 heteroatoms. The van der Waals surface area contributed by atoms with Crippen molar-refractivity contribution in [2.24, 2.45) is 27.7 Å². The Kier molecular flexibility index (Phi) is 4.88. The number of nitrogens with zero attached hydrogens (tertiary/aromatic N) is 3. The third-order valence-electron chi connectivity index (χ3n) is 5.68. The summed E-state index contributed by atoms with van der Waals surface area (Å²) < 4.78 is 1.11. The van der Waals surface area contributed by atoms with Gasteiger partial charge in [0.05, 0.1) is 35.0 Å². The number of rotatable bonds is 4. The van der Waals surface area contributed by atoms with Crippen molar-refractivity contribution in [3.8, 4) is 0 Å². The summed E-state index contributed by atoms with van der Waals surface area (Å²) in [4.78, 5) is 9.12. The molecule has 130 valence electrons. The molecule has 1 fully saturated rings. The highest BCUT2D eigenvalue weighted by Crippen LogP contribution is 2.41. The summed E-state index contributed by atoms with van der Waals surface area (Å²) in [6.45, 7) is 0. The second kappa shape index (κ2) is 7.13. The molecule has 0 aromatic heterocycles. The lowest BCUT2D eigenvalue weighted by molar-refractivity contribution is -0.745. The van der Waals surface area contributed by atoms with E-state index < -0.39 is 0 Å². The number of fused-ring (bicyclic) bond motifs is 1. The maximum atomic E-state index is 6.51. The molecule has 4 rings (SSSR count). The fourth-order valence-electron chi connectivity index (χ4n) is 4.13. The monoisotopic (exact) mass is 447 g/mol. The Morgan fingerprint density at radius 1 is 1.12 bits per heavy atom. The van der Waals surface area contributed by atoms with Crippen molar-refractivity contribution in [1.29, 1.82) is 0 Å². The Morgan fingerprint density at radius 3 is 2.64 bits per heavy atom. The summed E-state index contributed by atoms with van der Waals surface area (Å²) in [7, 11) is 0. The van der Waals surface area contributed by atoms with Crippen molar-refractivity contribution >= 4 is 32.6 Å². The van der Waals surface area contributed by atoms with Gasteiger partial charge in [-0.3, -0.25) is 4.99 Å². The van der Waals surface area contributed by atoms with Gasteiger partial charge in [-0.15, -0.1) is 4.59 Å². The SMILES string of the molecule is N[N+]12C=CN=CC1=C(C1CCC(CCc3ccccc3)CC1)N=C2I. The molecule has 0 radical (unpaired) electrons. The number of amidine groups is 1. The highest BCUT2D eigenvalue weighted by atomic mass is 127. The van der Waals surface area contributed by atoms with Crippen LogP contribution in [0.2, 0.25) is 0 Å². The Balaban J connectivity index is 1.38. The summed E-state index contributed by atoms with van der Waals surface area (Å²) in [6.07, 6.45) is 13.1. The van der Waals surface area contributed by atoms with E-state index in [0.29, 0.717) is 5.92 Å². The molecule has 0 amide bonds. The molecule has 1 unspecified atom stereocenters. The quantitative estimate of drug-likeness (QED) is 0.310. The van der Waals surface area contributed by atoms with Gasteiger partial charge in [-0.2, -0.15) is 10.8 Å². The van der Waals surface area contributed by atoms with E-state index in [1.54, 1.807) is 6.20 Å². The molecule has 1 aromatic rings. The summed E-state index contributed by atoms with van der Waals surface area (Å²) in [6, 6.07) is 10.8. The number of nitrogens with two attached hydrogens (primary N) is 1. The minimum Gasteiger partial charge on any atom is -0.253 e. The first-order chi connectivity index (χ1) is 12.2. The number of allylic oxidation sites excluding steroid dienone is 2. The second-order valence-electron chi connectivity index (χ2n) is 7.25. The zero-order valence-corrected chi connectivity index (χ0v) is 16.5. The van der Waals surface area contributed by atoms with E-state index in [1.807, 2.05) is 12.4 Å². The number of halogens is 1. The van der Waals surface area contributed by atoms with Crippen LogP contribution >= 0.6 is 22.6 Å². The lowest BCUT2D eigenvalue weighted by Gasteiger charge is -2.29. The van der Waals surface area contributed by atoms with E-state index in [4.69, 9.17) is 10.8 Å². The topological polar surface area (TPSA) is 50.7 Å². The summed E-state index contributed by atoms with van der Waals surface area (Å²) in [5, 5.41) is 0. The van der Waals surface area contributed by atoms with Crippen LogP contribution in [0.15, 0.2) is 64.1 Å². The average Bonchev–Trinajstić information content (AvgIpc) is 2.93. The van der Waals surface area contributed by atoms with E-state index in [9.17, 15) is 0 Å². The van der Waals surface area contributed by atoms with E-state index in [0.717, 1.165) is 15.5 Å². The molecule has 1 atom stereocenters. The molecule has 25 heavy (non-hydrogen) atoms. The standard InChI is InChI=1S/C20H24IN4/c21-20-24-19(18-14-23-12-13-25(18,20)22)17-10-8-16(9-11-17)7-6-15-4-2-1-3-5-15/h1-5,12-14,16-17H,6-11,22H2/q+1. The molecule has 2 aliphatic heterocycles. The van der Waals surface area contributed by atoms with Crippen LogP contribution in [0.25, 0.3) is 0 Å². The number of aliphatic imine (C=N–C) groups is 2. The van der Waals surface area contributed by atoms with Crippen LogP contribution in [0.1, 0.15) is 37.7 Å². The van der Waals surface area contributed by atoms with Gasteiger partial charge in [0, 0.05) is 5.92 Å². The molecule has 4 nitrogen and oxygen atoms in total. The van der Waals surface area contributed by atoms with Crippen LogP contribution in [0.5, 0.6) is 0 Å². The number of hydrogen-bond acceptors (Lipinski definition) is 3. The molecule has 0 saturated heterocycles. The normalized spacial score (nSPS) is 31.2. The predicted molar refractivity (Wildman–Crippen MR) is 111 cm³/mol. The third-order valence-corrected chi connectivity index (χ3v) is 6.72. The molecule has 2 heterocycles. The predicted octanol–water partition coefficient (Wildman–Crippen LogP) is 4.69. The zero-order valence-electron chi connectivity index (χ0n) is 14.3. The summed E-state index contributed by atoms with van der Waals surface area (Å²) in [5.41, 5.74) is 3.68. The van der Waals surface area contributed by atoms with Gasteiger partial charge in [-0.1, -0.05) is 30.3 Å². The minimum absolute atomic E-state index is 0.202. The largest absolute Gasteiger partial charge is 0.293 e. The number of benzene rings is 1. The molecule has 1 aliphatic carbocycles. The van der Waals surface area contributed by atoms with E-state index in [-0.39, 0.29) is 4.59 Å². The Bertz CT molecular complexity index is 757. The van der Waals surface area contributed by atoms with E-state index >= 15 is 0 Å². The van der Waals surface area contributed by atoms with Gasteiger partial charge in [0.1, 0.15) is 11.9 Å². The Hall–Kier alpha value is -1.31. The van der Waals surface area contributed by atoms with Gasteiger partial charge in [0.2, 0.25) is 5.70 Å². The number of aryl methyl sites for hydroxylation is 1. The first-order valence-electron chi connectivity index (χ1n) is 9.08. The summed E-state index contributed by atoms with van der Waals surface area (Å²) >= 11 is 2.26. The molecule has 1 aromatic carbocycles. The van der Waals surface area contributed by atoms with Crippen molar-refractivity contribution in [3.63, 3.8) is 0 Å². The Morgan fingerprint density at radius 2 is 1.88 bits per heavy atom. The molecule has 0 bridgehead atoms. The van der Waals surface area contributed by atoms with E-state index in [2.05, 4.69) is 57.9 Å². The third kappa shape index (κ3) is 3.37. The van der Waals surface area contributed by atoms with Crippen LogP contribution in [0, 0.1) is 11.8 Å². The molecule has 2 N–H and O–H groups in total. The van der Waals surface area contributed by atoms with Crippen LogP contribution in [-0.4, -0.2) is 14.6 Å². The number of quaternary nitrogens is 1. The van der Waals surface area contributed by atoms with Crippen molar-refractivity contribution in [2.45, 2.75) is 38.5 Å². The first-order valence-corrected chi connectivity index (χ1v) is 10.2. The van der Waals surface area contributed by atoms with E-state index in [1.165, 1.54) is 49.8 Å². The first kappa shape index (κ1) is 17.1. The van der Waals surface area contributed by atoms with Gasteiger partial charge in [0.25, 0.3) is 3.84 Å². The molecule has 1 saturated carbocycles. The Labute approximate surface area is 162 Å². The second-order valence-corrected chi connectivity index (χ2v) is 8.21. The maximum Gasteiger partial charge on any atom is 0.293 e. The van der Waals surface area contributed by atoms with Gasteiger partial charge in [-0.25, -0.2) is 0 Å². The van der Waals surface area contributed by atoms with Crippen LogP contribution in [0.4, 0.5) is 0 Å². The molecular formula is C20H24IN4+. The van der Waals surface area contributed by atoms with Gasteiger partial charge in [0.15, 0.2) is 0 Å². The van der Waals surface area contributed by atoms with Crippen LogP contribution < -0.4 is 5.84 Å². The van der Waals surface area contributed by atoms with Crippen molar-refractivity contribution < 1.29 is 4.59 Å². The summed E-state index contributed by atoms with van der Waals surface area (Å²) in [5.74, 6) is 7.87. The molecule has 0 spiro atoms. The molecule has 3 aliphatic rings. The smallest absolute Gasteiger partial charge is 0.253 e. The van der Waals surface area contributed by atoms with Crippen LogP contribution in [-0.2, 0) is 6.42 Å². The fourth-order valence-corrected chi connectivity index (χ4v) is 4.81. The highest BCUT2D eigenvalue weighted by Gasteiger charge is 2.44. The minimum atomic E-state index is 0.202. The van der Waals surface area contributed by atoms with Crippen molar-refractivity contribution in [3.05, 3.63) is 59.7 Å². The van der Waals surface area contributed by atoms with Gasteiger partial charge >= 0.3 is 0 Å². The van der Waals surface area contributed by atoms with Gasteiger partial charge in [-0.05, 0) is 50.0 Å². The van der Waals surface area contributed by atoms with Crippen molar-refractivity contribution in [1.82, 2.24) is 0 Å². The average molecular weight is 447 g/mol. The van der Waals surface area contributed by atoms with Crippen LogP contribution in [0.3, 0.4) is 0 Å². The highest BCUT2D eigenvalue weighted by molar-refractivity contribution is 14.1. The van der Waals surface area contributed by atoms with Crippen molar-refractivity contribution in [2.75, 3.05) is 0 Å². The lowest BCUT2D eigenvalue weighted by Crippen LogP contribution is -2.50.